The molecule has 0 aliphatic carbocycles. The van der Waals surface area contributed by atoms with Crippen molar-refractivity contribution in [1.29, 1.82) is 0 Å². The van der Waals surface area contributed by atoms with Crippen LogP contribution in [-0.2, 0) is 9.53 Å². The molecule has 2 heteroatoms. The molecule has 0 rings (SSSR count). The molecule has 0 N–H and O–H groups in total. The number of hydrogen-bond donors (Lipinski definition) is 0. The van der Waals surface area contributed by atoms with E-state index in [4.69, 9.17) is 4.74 Å². The zero-order chi connectivity index (χ0) is 11.7. The smallest absolute Gasteiger partial charge is 0.310 e. The Balaban J connectivity index is 4.01. The molecule has 0 aromatic heterocycles. The minimum absolute atomic E-state index is 0.175. The van der Waals surface area contributed by atoms with E-state index in [1.54, 1.807) is 13.2 Å². The van der Waals surface area contributed by atoms with E-state index in [1.807, 2.05) is 6.92 Å². The molecule has 0 aromatic rings. The average Bonchev–Trinajstić information content (AvgIpc) is 2.25. The number of allylic oxidation sites excluding steroid dienone is 3. The fraction of sp³-hybridized carbons (Fsp3) is 0.615. The van der Waals surface area contributed by atoms with Crippen molar-refractivity contribution in [3.8, 4) is 0 Å². The first kappa shape index (κ1) is 13.9. The first-order chi connectivity index (χ1) is 7.11. The van der Waals surface area contributed by atoms with Crippen LogP contribution in [0.3, 0.4) is 0 Å². The van der Waals surface area contributed by atoms with E-state index in [-0.39, 0.29) is 5.97 Å². The van der Waals surface area contributed by atoms with E-state index in [9.17, 15) is 4.79 Å². The molecule has 0 aromatic carbocycles. The summed E-state index contributed by atoms with van der Waals surface area (Å²) in [5.41, 5.74) is 1.11. The number of hydrogen-bond acceptors (Lipinski definition) is 2. The van der Waals surface area contributed by atoms with Gasteiger partial charge in [0.25, 0.3) is 0 Å². The summed E-state index contributed by atoms with van der Waals surface area (Å²) in [6.45, 7) is 8.03. The lowest BCUT2D eigenvalue weighted by Crippen LogP contribution is -2.00. The van der Waals surface area contributed by atoms with Gasteiger partial charge in [-0.1, -0.05) is 32.9 Å². The molecule has 0 saturated heterocycles. The van der Waals surface area contributed by atoms with Gasteiger partial charge in [0.15, 0.2) is 0 Å². The molecule has 0 amide bonds. The fourth-order valence-electron chi connectivity index (χ4n) is 1.01. The lowest BCUT2D eigenvalue weighted by molar-refractivity contribution is -0.137. The largest absolute Gasteiger partial charge is 0.435 e. The van der Waals surface area contributed by atoms with Gasteiger partial charge in [0.05, 0.1) is 6.26 Å². The van der Waals surface area contributed by atoms with Gasteiger partial charge in [-0.05, 0) is 31.3 Å². The molecule has 0 aliphatic heterocycles. The van der Waals surface area contributed by atoms with Crippen LogP contribution in [0.5, 0.6) is 0 Å². The van der Waals surface area contributed by atoms with Crippen LogP contribution in [0.2, 0.25) is 0 Å². The maximum Gasteiger partial charge on any atom is 0.310 e. The molecule has 2 nitrogen and oxygen atoms in total. The van der Waals surface area contributed by atoms with Gasteiger partial charge >= 0.3 is 5.97 Å². The minimum Gasteiger partial charge on any atom is -0.435 e. The highest BCUT2D eigenvalue weighted by Crippen LogP contribution is 2.14. The highest BCUT2D eigenvalue weighted by molar-refractivity contribution is 5.69. The second-order valence-corrected chi connectivity index (χ2v) is 3.72. The average molecular weight is 210 g/mol. The van der Waals surface area contributed by atoms with E-state index in [1.165, 1.54) is 0 Å². The third-order valence-corrected chi connectivity index (χ3v) is 2.33. The van der Waals surface area contributed by atoms with Crippen LogP contribution in [0.15, 0.2) is 24.0 Å². The number of carbonyl (C=O) groups excluding carboxylic acids is 1. The molecule has 15 heavy (non-hydrogen) atoms. The maximum atomic E-state index is 10.9. The van der Waals surface area contributed by atoms with Crippen LogP contribution in [0.1, 0.15) is 47.0 Å². The van der Waals surface area contributed by atoms with Gasteiger partial charge in [0.2, 0.25) is 0 Å². The molecule has 1 unspecified atom stereocenters. The summed E-state index contributed by atoms with van der Waals surface area (Å²) in [5, 5.41) is 0. The summed E-state index contributed by atoms with van der Waals surface area (Å²) < 4.78 is 4.96. The van der Waals surface area contributed by atoms with Crippen molar-refractivity contribution in [3.05, 3.63) is 24.0 Å². The van der Waals surface area contributed by atoms with Gasteiger partial charge in [0, 0.05) is 6.42 Å². The quantitative estimate of drug-likeness (QED) is 0.378. The van der Waals surface area contributed by atoms with Crippen molar-refractivity contribution >= 4 is 5.97 Å². The van der Waals surface area contributed by atoms with E-state index in [0.29, 0.717) is 12.3 Å². The highest BCUT2D eigenvalue weighted by Gasteiger charge is 2.03. The summed E-state index contributed by atoms with van der Waals surface area (Å²) in [7, 11) is 0. The Morgan fingerprint density at radius 1 is 1.33 bits per heavy atom. The molecular formula is C13H22O2. The van der Waals surface area contributed by atoms with Crippen molar-refractivity contribution < 1.29 is 9.53 Å². The normalized spacial score (nSPS) is 14.3. The van der Waals surface area contributed by atoms with Gasteiger partial charge < -0.3 is 4.74 Å². The van der Waals surface area contributed by atoms with Crippen molar-refractivity contribution in [2.24, 2.45) is 5.92 Å². The Labute approximate surface area is 93.0 Å². The standard InChI is InChI=1S/C13H22O2/c1-5-7-8-9-11(3)12(4)10-15-13(14)6-2/h7-8,10-11H,5-6,9H2,1-4H3/b8-7+,12-10+. The Hall–Kier alpha value is -1.05. The van der Waals surface area contributed by atoms with Gasteiger partial charge in [0.1, 0.15) is 0 Å². The van der Waals surface area contributed by atoms with Crippen molar-refractivity contribution in [2.75, 3.05) is 0 Å². The molecule has 1 atom stereocenters. The first-order valence-corrected chi connectivity index (χ1v) is 5.62. The van der Waals surface area contributed by atoms with Crippen molar-refractivity contribution in [3.63, 3.8) is 0 Å². The van der Waals surface area contributed by atoms with E-state index < -0.39 is 0 Å². The van der Waals surface area contributed by atoms with Crippen LogP contribution in [-0.4, -0.2) is 5.97 Å². The van der Waals surface area contributed by atoms with Gasteiger partial charge in [-0.15, -0.1) is 0 Å². The number of rotatable bonds is 6. The zero-order valence-electron chi connectivity index (χ0n) is 10.2. The van der Waals surface area contributed by atoms with Gasteiger partial charge in [-0.25, -0.2) is 0 Å². The van der Waals surface area contributed by atoms with Crippen LogP contribution in [0.4, 0.5) is 0 Å². The molecule has 0 bridgehead atoms. The summed E-state index contributed by atoms with van der Waals surface area (Å²) in [4.78, 5) is 10.9. The number of ether oxygens (including phenoxy) is 1. The fourth-order valence-corrected chi connectivity index (χ4v) is 1.01. The molecule has 0 aliphatic rings. The Morgan fingerprint density at radius 2 is 2.00 bits per heavy atom. The second-order valence-electron chi connectivity index (χ2n) is 3.72. The van der Waals surface area contributed by atoms with Crippen molar-refractivity contribution in [1.82, 2.24) is 0 Å². The summed E-state index contributed by atoms with van der Waals surface area (Å²) in [6.07, 6.45) is 8.40. The molecule has 0 fully saturated rings. The first-order valence-electron chi connectivity index (χ1n) is 5.62. The molecule has 86 valence electrons. The summed E-state index contributed by atoms with van der Waals surface area (Å²) >= 11 is 0. The van der Waals surface area contributed by atoms with E-state index >= 15 is 0 Å². The Kier molecular flexibility index (Phi) is 7.69. The predicted molar refractivity (Wildman–Crippen MR) is 63.4 cm³/mol. The topological polar surface area (TPSA) is 26.3 Å². The lowest BCUT2D eigenvalue weighted by atomic mass is 10.00. The molecular weight excluding hydrogens is 188 g/mol. The van der Waals surface area contributed by atoms with Crippen LogP contribution in [0.25, 0.3) is 0 Å². The summed E-state index contributed by atoms with van der Waals surface area (Å²) in [5.74, 6) is 0.253. The van der Waals surface area contributed by atoms with Crippen LogP contribution < -0.4 is 0 Å². The molecule has 0 heterocycles. The predicted octanol–water partition coefficient (Wildman–Crippen LogP) is 3.84. The SMILES string of the molecule is CC/C=C/CC(C)/C(C)=C/OC(=O)CC. The van der Waals surface area contributed by atoms with E-state index in [2.05, 4.69) is 26.0 Å². The van der Waals surface area contributed by atoms with Crippen LogP contribution >= 0.6 is 0 Å². The second kappa shape index (κ2) is 8.27. The van der Waals surface area contributed by atoms with Crippen molar-refractivity contribution in [2.45, 2.75) is 47.0 Å². The van der Waals surface area contributed by atoms with Gasteiger partial charge in [-0.2, -0.15) is 0 Å². The Bertz CT molecular complexity index is 239. The van der Waals surface area contributed by atoms with Gasteiger partial charge in [-0.3, -0.25) is 4.79 Å². The van der Waals surface area contributed by atoms with E-state index in [0.717, 1.165) is 18.4 Å². The third kappa shape index (κ3) is 6.95. The lowest BCUT2D eigenvalue weighted by Gasteiger charge is -2.08. The maximum absolute atomic E-state index is 10.9. The Morgan fingerprint density at radius 3 is 2.53 bits per heavy atom. The number of carbonyl (C=O) groups is 1. The molecule has 0 spiro atoms. The monoisotopic (exact) mass is 210 g/mol. The number of esters is 1. The third-order valence-electron chi connectivity index (χ3n) is 2.33. The van der Waals surface area contributed by atoms with Crippen LogP contribution in [0, 0.1) is 5.92 Å². The molecule has 0 saturated carbocycles. The minimum atomic E-state index is -0.175. The zero-order valence-corrected chi connectivity index (χ0v) is 10.2. The summed E-state index contributed by atoms with van der Waals surface area (Å²) in [6, 6.07) is 0. The highest BCUT2D eigenvalue weighted by atomic mass is 16.5. The molecule has 0 radical (unpaired) electrons.